The molecule has 3 heteroatoms. The van der Waals surface area contributed by atoms with Crippen molar-refractivity contribution in [2.45, 2.75) is 0 Å². The summed E-state index contributed by atoms with van der Waals surface area (Å²) in [6, 6.07) is 48.2. The molecule has 0 aliphatic rings. The van der Waals surface area contributed by atoms with Gasteiger partial charge >= 0.3 is 0 Å². The molecule has 9 rings (SSSR count). The van der Waals surface area contributed by atoms with Gasteiger partial charge in [-0.05, 0) is 60.7 Å². The molecule has 3 aromatic heterocycles. The zero-order valence-corrected chi connectivity index (χ0v) is 24.7. The average Bonchev–Trinajstić information content (AvgIpc) is 3.74. The second-order valence-corrected chi connectivity index (χ2v) is 11.4. The monoisotopic (exact) mass is 575 g/mol. The number of para-hydroxylation sites is 4. The van der Waals surface area contributed by atoms with Crippen LogP contribution in [0, 0.1) is 0 Å². The molecule has 45 heavy (non-hydrogen) atoms. The highest BCUT2D eigenvalue weighted by Gasteiger charge is 2.24. The molecule has 0 unspecified atom stereocenters. The Kier molecular flexibility index (Phi) is 5.50. The second-order valence-electron chi connectivity index (χ2n) is 11.4. The van der Waals surface area contributed by atoms with Gasteiger partial charge in [0.1, 0.15) is 0 Å². The summed E-state index contributed by atoms with van der Waals surface area (Å²) in [5, 5.41) is 5.03. The fraction of sp³-hybridized carbons (Fsp3) is 0. The molecule has 0 saturated carbocycles. The summed E-state index contributed by atoms with van der Waals surface area (Å²) in [6.07, 6.45) is 5.75. The van der Waals surface area contributed by atoms with E-state index in [1.54, 1.807) is 0 Å². The Morgan fingerprint density at radius 2 is 0.867 bits per heavy atom. The topological polar surface area (TPSA) is 14.8 Å². The van der Waals surface area contributed by atoms with Crippen LogP contribution in [0.4, 0.5) is 0 Å². The maximum absolute atomic E-state index is 4.11. The van der Waals surface area contributed by atoms with Gasteiger partial charge < -0.3 is 13.7 Å². The van der Waals surface area contributed by atoms with E-state index in [9.17, 15) is 0 Å². The van der Waals surface area contributed by atoms with E-state index < -0.39 is 0 Å². The SMILES string of the molecule is C=C/C=C(\C=C)n1c2cccc3c2c2c1cccc2n3-c1ccccc1-c1ccccc1-n1c2ccccc2c2ccccc21. The van der Waals surface area contributed by atoms with E-state index in [0.29, 0.717) is 0 Å². The number of nitrogens with zero attached hydrogens (tertiary/aromatic N) is 3. The maximum Gasteiger partial charge on any atom is 0.0563 e. The molecule has 0 bridgehead atoms. The molecule has 212 valence electrons. The lowest BCUT2D eigenvalue weighted by molar-refractivity contribution is 1.16. The largest absolute Gasteiger partial charge is 0.309 e. The highest BCUT2D eigenvalue weighted by Crippen LogP contribution is 2.44. The molecular weight excluding hydrogens is 546 g/mol. The number of aromatic nitrogens is 3. The molecule has 3 nitrogen and oxygen atoms in total. The van der Waals surface area contributed by atoms with Gasteiger partial charge in [0.2, 0.25) is 0 Å². The van der Waals surface area contributed by atoms with Gasteiger partial charge in [-0.2, -0.15) is 0 Å². The average molecular weight is 576 g/mol. The van der Waals surface area contributed by atoms with Gasteiger partial charge in [0.15, 0.2) is 0 Å². The smallest absolute Gasteiger partial charge is 0.0563 e. The molecule has 0 amide bonds. The fourth-order valence-corrected chi connectivity index (χ4v) is 7.44. The third-order valence-electron chi connectivity index (χ3n) is 9.17. The standard InChI is InChI=1S/C42H29N3/c1-3-15-28(4-2)43-37-24-13-26-39-41(37)42-38(43)25-14-27-40(42)45(39)36-23-12-8-19-32(36)31-18-7-11-22-35(31)44-33-20-9-5-16-29(33)30-17-6-10-21-34(30)44/h3-27H,1-2H2/b28-15+. The maximum atomic E-state index is 4.11. The first-order valence-electron chi connectivity index (χ1n) is 15.3. The Hall–Kier alpha value is -6.06. The zero-order chi connectivity index (χ0) is 30.1. The van der Waals surface area contributed by atoms with Gasteiger partial charge in [0.25, 0.3) is 0 Å². The summed E-state index contributed by atoms with van der Waals surface area (Å²) < 4.78 is 7.16. The summed E-state index contributed by atoms with van der Waals surface area (Å²) in [5.74, 6) is 0. The molecule has 0 saturated heterocycles. The molecule has 0 aliphatic carbocycles. The van der Waals surface area contributed by atoms with Gasteiger partial charge in [-0.1, -0.05) is 104 Å². The van der Waals surface area contributed by atoms with E-state index in [4.69, 9.17) is 0 Å². The summed E-state index contributed by atoms with van der Waals surface area (Å²) in [5.41, 5.74) is 12.8. The number of benzene rings is 6. The molecule has 0 spiro atoms. The van der Waals surface area contributed by atoms with Crippen LogP contribution in [0.25, 0.3) is 82.8 Å². The Morgan fingerprint density at radius 1 is 0.444 bits per heavy atom. The zero-order valence-electron chi connectivity index (χ0n) is 24.7. The number of rotatable bonds is 6. The third kappa shape index (κ3) is 3.46. The summed E-state index contributed by atoms with van der Waals surface area (Å²) in [6.45, 7) is 8.06. The summed E-state index contributed by atoms with van der Waals surface area (Å²) in [4.78, 5) is 0. The van der Waals surface area contributed by atoms with E-state index >= 15 is 0 Å². The van der Waals surface area contributed by atoms with Crippen LogP contribution in [0.1, 0.15) is 0 Å². The summed E-state index contributed by atoms with van der Waals surface area (Å²) >= 11 is 0. The Bertz CT molecular complexity index is 2520. The van der Waals surface area contributed by atoms with Crippen molar-refractivity contribution in [2.24, 2.45) is 0 Å². The molecular formula is C42H29N3. The number of allylic oxidation sites excluding steroid dienone is 4. The van der Waals surface area contributed by atoms with Crippen LogP contribution < -0.4 is 0 Å². The van der Waals surface area contributed by atoms with Crippen molar-refractivity contribution in [1.82, 2.24) is 13.7 Å². The minimum absolute atomic E-state index is 1.01. The van der Waals surface area contributed by atoms with E-state index in [0.717, 1.165) is 28.1 Å². The third-order valence-corrected chi connectivity index (χ3v) is 9.17. The summed E-state index contributed by atoms with van der Waals surface area (Å²) in [7, 11) is 0. The molecule has 3 heterocycles. The fourth-order valence-electron chi connectivity index (χ4n) is 7.44. The molecule has 0 aliphatic heterocycles. The van der Waals surface area contributed by atoms with Crippen molar-refractivity contribution in [2.75, 3.05) is 0 Å². The molecule has 0 N–H and O–H groups in total. The normalized spacial score (nSPS) is 12.3. The lowest BCUT2D eigenvalue weighted by Crippen LogP contribution is -2.02. The highest BCUT2D eigenvalue weighted by molar-refractivity contribution is 6.26. The van der Waals surface area contributed by atoms with Crippen LogP contribution in [0.15, 0.2) is 165 Å². The van der Waals surface area contributed by atoms with E-state index in [1.807, 2.05) is 18.2 Å². The lowest BCUT2D eigenvalue weighted by atomic mass is 10.0. The predicted molar refractivity (Wildman–Crippen MR) is 192 cm³/mol. The van der Waals surface area contributed by atoms with Crippen LogP contribution in [-0.2, 0) is 0 Å². The van der Waals surface area contributed by atoms with Crippen molar-refractivity contribution in [1.29, 1.82) is 0 Å². The van der Waals surface area contributed by atoms with Crippen LogP contribution in [-0.4, -0.2) is 13.7 Å². The molecule has 9 aromatic rings. The van der Waals surface area contributed by atoms with Gasteiger partial charge in [-0.3, -0.25) is 0 Å². The lowest BCUT2D eigenvalue weighted by Gasteiger charge is -2.19. The number of hydrogen-bond donors (Lipinski definition) is 0. The molecule has 0 atom stereocenters. The predicted octanol–water partition coefficient (Wildman–Crippen LogP) is 11.2. The van der Waals surface area contributed by atoms with Crippen molar-refractivity contribution >= 4 is 60.3 Å². The first-order valence-corrected chi connectivity index (χ1v) is 15.3. The van der Waals surface area contributed by atoms with Crippen molar-refractivity contribution in [3.8, 4) is 22.5 Å². The first kappa shape index (κ1) is 25.4. The van der Waals surface area contributed by atoms with Crippen molar-refractivity contribution in [3.63, 3.8) is 0 Å². The van der Waals surface area contributed by atoms with Crippen LogP contribution >= 0.6 is 0 Å². The number of hydrogen-bond acceptors (Lipinski definition) is 0. The van der Waals surface area contributed by atoms with Crippen molar-refractivity contribution in [3.05, 3.63) is 165 Å². The van der Waals surface area contributed by atoms with E-state index in [2.05, 4.69) is 160 Å². The highest BCUT2D eigenvalue weighted by atomic mass is 15.0. The van der Waals surface area contributed by atoms with Gasteiger partial charge in [-0.15, -0.1) is 0 Å². The molecule has 6 aromatic carbocycles. The van der Waals surface area contributed by atoms with Gasteiger partial charge in [-0.25, -0.2) is 0 Å². The van der Waals surface area contributed by atoms with Gasteiger partial charge in [0.05, 0.1) is 44.5 Å². The second kappa shape index (κ2) is 9.73. The first-order chi connectivity index (χ1) is 22.3. The van der Waals surface area contributed by atoms with E-state index in [1.165, 1.54) is 54.7 Å². The quantitative estimate of drug-likeness (QED) is 0.175. The molecule has 0 fully saturated rings. The van der Waals surface area contributed by atoms with Crippen LogP contribution in [0.5, 0.6) is 0 Å². The number of fused-ring (bicyclic) bond motifs is 3. The minimum Gasteiger partial charge on any atom is -0.309 e. The Balaban J connectivity index is 1.36. The molecule has 0 radical (unpaired) electrons. The van der Waals surface area contributed by atoms with Crippen LogP contribution in [0.2, 0.25) is 0 Å². The van der Waals surface area contributed by atoms with Crippen LogP contribution in [0.3, 0.4) is 0 Å². The minimum atomic E-state index is 1.01. The Morgan fingerprint density at radius 3 is 1.38 bits per heavy atom. The Labute approximate surface area is 260 Å². The van der Waals surface area contributed by atoms with Crippen molar-refractivity contribution < 1.29 is 0 Å². The van der Waals surface area contributed by atoms with Gasteiger partial charge in [0, 0.05) is 38.4 Å². The van der Waals surface area contributed by atoms with E-state index in [-0.39, 0.29) is 0 Å².